The third-order valence-electron chi connectivity index (χ3n) is 5.68. The van der Waals surface area contributed by atoms with E-state index in [0.29, 0.717) is 19.0 Å². The quantitative estimate of drug-likeness (QED) is 0.538. The van der Waals surface area contributed by atoms with Crippen LogP contribution in [0.1, 0.15) is 61.1 Å². The number of carbonyl (C=O) groups excluding carboxylic acids is 2. The summed E-state index contributed by atoms with van der Waals surface area (Å²) in [4.78, 5) is 30.9. The van der Waals surface area contributed by atoms with E-state index in [1.165, 1.54) is 20.3 Å². The van der Waals surface area contributed by atoms with Crippen LogP contribution in [0.15, 0.2) is 30.3 Å². The van der Waals surface area contributed by atoms with Gasteiger partial charge in [-0.25, -0.2) is 14.2 Å². The van der Waals surface area contributed by atoms with Crippen LogP contribution in [0.4, 0.5) is 9.18 Å². The van der Waals surface area contributed by atoms with Crippen LogP contribution in [0.25, 0.3) is 0 Å². The molecule has 0 radical (unpaired) electrons. The molecule has 0 spiro atoms. The summed E-state index contributed by atoms with van der Waals surface area (Å²) in [5, 5.41) is 2.51. The molecule has 0 unspecified atom stereocenters. The van der Waals surface area contributed by atoms with Crippen molar-refractivity contribution >= 4 is 12.0 Å². The number of likely N-dealkylation sites (tertiary alicyclic amines) is 1. The van der Waals surface area contributed by atoms with Gasteiger partial charge in [0.05, 0.1) is 12.7 Å². The number of ether oxygens (including phenoxy) is 4. The Hall–Kier alpha value is -3.40. The summed E-state index contributed by atoms with van der Waals surface area (Å²) in [5.74, 6) is -0.338. The van der Waals surface area contributed by atoms with E-state index >= 15 is 0 Å². The monoisotopic (exact) mass is 503 g/mol. The van der Waals surface area contributed by atoms with Crippen molar-refractivity contribution < 1.29 is 32.9 Å². The molecule has 1 aliphatic rings. The lowest BCUT2D eigenvalue weighted by Gasteiger charge is -2.33. The first kappa shape index (κ1) is 27.2. The lowest BCUT2D eigenvalue weighted by atomic mass is 9.93. The van der Waals surface area contributed by atoms with E-state index in [9.17, 15) is 14.0 Å². The number of hydrogen-bond acceptors (Lipinski definition) is 7. The Kier molecular flexibility index (Phi) is 9.08. The van der Waals surface area contributed by atoms with E-state index in [2.05, 4.69) is 10.3 Å². The minimum Gasteiger partial charge on any atom is -0.496 e. The Balaban J connectivity index is 1.62. The zero-order chi connectivity index (χ0) is 26.3. The van der Waals surface area contributed by atoms with Gasteiger partial charge in [0.2, 0.25) is 5.88 Å². The van der Waals surface area contributed by atoms with Gasteiger partial charge >= 0.3 is 6.09 Å². The van der Waals surface area contributed by atoms with Crippen LogP contribution in [-0.4, -0.2) is 61.5 Å². The van der Waals surface area contributed by atoms with Crippen molar-refractivity contribution in [2.45, 2.75) is 51.7 Å². The van der Waals surface area contributed by atoms with E-state index in [1.54, 1.807) is 11.0 Å². The minimum atomic E-state index is -0.593. The first-order chi connectivity index (χ1) is 17.1. The van der Waals surface area contributed by atoms with Crippen molar-refractivity contribution in [1.29, 1.82) is 0 Å². The number of nitrogens with one attached hydrogen (secondary N) is 1. The molecule has 1 aliphatic heterocycles. The maximum absolute atomic E-state index is 14.7. The van der Waals surface area contributed by atoms with Crippen LogP contribution in [0.5, 0.6) is 11.6 Å². The molecule has 1 aromatic carbocycles. The number of nitrogens with zero attached hydrogens (tertiary/aromatic N) is 2. The molecule has 0 saturated carbocycles. The van der Waals surface area contributed by atoms with Crippen LogP contribution in [-0.2, 0) is 16.1 Å². The zero-order valence-electron chi connectivity index (χ0n) is 21.4. The number of methoxy groups -OCH3 is 2. The number of amides is 2. The lowest BCUT2D eigenvalue weighted by molar-refractivity contribution is 0.0203. The number of halogens is 1. The third-order valence-corrected chi connectivity index (χ3v) is 5.68. The van der Waals surface area contributed by atoms with Crippen molar-refractivity contribution in [2.24, 2.45) is 0 Å². The molecular formula is C26H34FN3O6. The van der Waals surface area contributed by atoms with Crippen LogP contribution in [0, 0.1) is 5.82 Å². The molecule has 0 atom stereocenters. The highest BCUT2D eigenvalue weighted by Crippen LogP contribution is 2.29. The molecule has 196 valence electrons. The van der Waals surface area contributed by atoms with Crippen molar-refractivity contribution in [2.75, 3.05) is 34.0 Å². The van der Waals surface area contributed by atoms with Gasteiger partial charge in [-0.15, -0.1) is 0 Å². The summed E-state index contributed by atoms with van der Waals surface area (Å²) in [5.41, 5.74) is 0.628. The molecule has 9 nitrogen and oxygen atoms in total. The highest BCUT2D eigenvalue weighted by atomic mass is 19.1. The Labute approximate surface area is 210 Å². The fourth-order valence-electron chi connectivity index (χ4n) is 3.86. The predicted octanol–water partition coefficient (Wildman–Crippen LogP) is 4.26. The molecular weight excluding hydrogens is 469 g/mol. The molecule has 36 heavy (non-hydrogen) atoms. The van der Waals surface area contributed by atoms with E-state index in [1.807, 2.05) is 32.9 Å². The number of piperidine rings is 1. The van der Waals surface area contributed by atoms with Crippen molar-refractivity contribution in [3.05, 3.63) is 53.0 Å². The largest absolute Gasteiger partial charge is 0.496 e. The molecule has 1 fully saturated rings. The van der Waals surface area contributed by atoms with E-state index in [0.717, 1.165) is 24.6 Å². The number of carbonyl (C=O) groups is 2. The van der Waals surface area contributed by atoms with Gasteiger partial charge in [0.25, 0.3) is 5.91 Å². The van der Waals surface area contributed by atoms with Gasteiger partial charge < -0.3 is 29.2 Å². The van der Waals surface area contributed by atoms with E-state index in [-0.39, 0.29) is 42.2 Å². The summed E-state index contributed by atoms with van der Waals surface area (Å²) < 4.78 is 36.0. The number of pyridine rings is 1. The molecule has 1 saturated heterocycles. The van der Waals surface area contributed by atoms with Crippen molar-refractivity contribution in [1.82, 2.24) is 15.2 Å². The molecule has 2 aromatic rings. The first-order valence-electron chi connectivity index (χ1n) is 11.8. The van der Waals surface area contributed by atoms with Gasteiger partial charge in [-0.1, -0.05) is 6.07 Å². The topological polar surface area (TPSA) is 99.2 Å². The summed E-state index contributed by atoms with van der Waals surface area (Å²) >= 11 is 0. The van der Waals surface area contributed by atoms with Crippen LogP contribution >= 0.6 is 0 Å². The summed E-state index contributed by atoms with van der Waals surface area (Å²) in [6.07, 6.45) is 1.22. The van der Waals surface area contributed by atoms with Crippen molar-refractivity contribution in [3.63, 3.8) is 0 Å². The molecule has 2 amide bonds. The van der Waals surface area contributed by atoms with E-state index < -0.39 is 17.3 Å². The van der Waals surface area contributed by atoms with Crippen LogP contribution in [0.3, 0.4) is 0 Å². The fraction of sp³-hybridized carbons (Fsp3) is 0.500. The molecule has 1 N–H and O–H groups in total. The second kappa shape index (κ2) is 12.0. The average molecular weight is 504 g/mol. The maximum atomic E-state index is 14.7. The highest BCUT2D eigenvalue weighted by molar-refractivity contribution is 5.97. The predicted molar refractivity (Wildman–Crippen MR) is 131 cm³/mol. The van der Waals surface area contributed by atoms with Gasteiger partial charge in [-0.3, -0.25) is 4.79 Å². The van der Waals surface area contributed by atoms with Gasteiger partial charge in [0, 0.05) is 43.4 Å². The molecule has 3 rings (SSSR count). The Morgan fingerprint density at radius 2 is 1.89 bits per heavy atom. The second-order valence-corrected chi connectivity index (χ2v) is 9.51. The smallest absolute Gasteiger partial charge is 0.410 e. The van der Waals surface area contributed by atoms with E-state index in [4.69, 9.17) is 18.9 Å². The lowest BCUT2D eigenvalue weighted by Crippen LogP contribution is -2.41. The second-order valence-electron chi connectivity index (χ2n) is 9.51. The van der Waals surface area contributed by atoms with Gasteiger partial charge in [-0.2, -0.15) is 0 Å². The average Bonchev–Trinajstić information content (AvgIpc) is 2.85. The van der Waals surface area contributed by atoms with Crippen molar-refractivity contribution in [3.8, 4) is 11.6 Å². The molecule has 0 aliphatic carbocycles. The third kappa shape index (κ3) is 7.30. The normalized spacial score (nSPS) is 14.3. The summed E-state index contributed by atoms with van der Waals surface area (Å²) in [6, 6.07) is 8.04. The van der Waals surface area contributed by atoms with Gasteiger partial charge in [-0.05, 0) is 51.8 Å². The number of hydrogen-bond donors (Lipinski definition) is 1. The summed E-state index contributed by atoms with van der Waals surface area (Å²) in [7, 11) is 2.85. The number of aromatic nitrogens is 1. The Morgan fingerprint density at radius 3 is 2.53 bits per heavy atom. The van der Waals surface area contributed by atoms with Gasteiger partial charge in [0.1, 0.15) is 30.5 Å². The van der Waals surface area contributed by atoms with Gasteiger partial charge in [0.15, 0.2) is 0 Å². The zero-order valence-corrected chi connectivity index (χ0v) is 21.4. The molecule has 0 bridgehead atoms. The Morgan fingerprint density at radius 1 is 1.17 bits per heavy atom. The SMILES string of the molecule is COCNC(=O)c1cc(F)c(COc2cccc(C3CCN(C(=O)OC(C)(C)C)CC3)n2)cc1OC. The fourth-order valence-corrected chi connectivity index (χ4v) is 3.86. The van der Waals surface area contributed by atoms with Crippen LogP contribution < -0.4 is 14.8 Å². The maximum Gasteiger partial charge on any atom is 0.410 e. The summed E-state index contributed by atoms with van der Waals surface area (Å²) in [6.45, 7) is 6.63. The molecule has 10 heteroatoms. The first-order valence-corrected chi connectivity index (χ1v) is 11.8. The number of rotatable bonds is 8. The highest BCUT2D eigenvalue weighted by Gasteiger charge is 2.28. The molecule has 2 heterocycles. The van der Waals surface area contributed by atoms with Crippen LogP contribution in [0.2, 0.25) is 0 Å². The molecule has 1 aromatic heterocycles. The standard InChI is InChI=1S/C26H34FN3O6/c1-26(2,3)36-25(32)30-11-9-17(10-12-30)21-7-6-8-23(29-21)35-15-18-13-22(34-5)19(14-20(18)27)24(31)28-16-33-4/h6-8,13-14,17H,9-12,15-16H2,1-5H3,(H,28,31). The minimum absolute atomic E-state index is 0.00346. The Bertz CT molecular complexity index is 1060. The number of benzene rings is 1.